The number of carbonyl (C=O) groups is 11. The second-order valence-electron chi connectivity index (χ2n) is 27.0. The van der Waals surface area contributed by atoms with Crippen LogP contribution in [0.1, 0.15) is 156 Å². The summed E-state index contributed by atoms with van der Waals surface area (Å²) >= 11 is 0. The van der Waals surface area contributed by atoms with Crippen LogP contribution in [-0.4, -0.2) is 251 Å². The van der Waals surface area contributed by atoms with Crippen molar-refractivity contribution in [3.8, 4) is 0 Å². The number of rotatable bonds is 17. The number of ether oxygens (including phenoxy) is 1. The first-order valence-corrected chi connectivity index (χ1v) is 31.6. The quantitative estimate of drug-likeness (QED) is 0.114. The van der Waals surface area contributed by atoms with Gasteiger partial charge in [0.1, 0.15) is 66.5 Å². The summed E-state index contributed by atoms with van der Waals surface area (Å²) < 4.78 is 5.71. The van der Waals surface area contributed by atoms with Gasteiger partial charge in [-0.2, -0.15) is 0 Å². The van der Waals surface area contributed by atoms with Crippen LogP contribution in [0.4, 0.5) is 0 Å². The number of amides is 11. The summed E-state index contributed by atoms with van der Waals surface area (Å²) in [4.78, 5) is 170. The number of nitrogens with zero attached hydrogens (tertiary/aromatic N) is 7. The second kappa shape index (κ2) is 36.0. The SMILES string of the molecule is C/C=C/C[C@@H](C)[C@@H](O)C1C(=O)N[C@@H](CC)C(=O)N(C)[C@H](CO)C(=O)N(C)[C@@H](CC(C)(C)OC)C(=O)N[C@H](C(C)C)C(=O)N(C)[C@H](CC(C)C)C(=O)N[C@H](C)C(=O)N[C@@H](C)C(=O)N(C)[C@@H](CC(C)C)C(=O)N(C)[C@@H](CC(C)C)C(=O)N(C)[C@@H](C(C)C)C(=O)N1C. The zero-order valence-electron chi connectivity index (χ0n) is 58.4. The summed E-state index contributed by atoms with van der Waals surface area (Å²) in [6, 6.07) is -14.8. The monoisotopic (exact) mass is 1260 g/mol. The Morgan fingerprint density at radius 2 is 0.910 bits per heavy atom. The van der Waals surface area contributed by atoms with Crippen molar-refractivity contribution in [2.45, 2.75) is 234 Å². The van der Waals surface area contributed by atoms with E-state index in [1.807, 2.05) is 41.5 Å². The Labute approximate surface area is 531 Å². The van der Waals surface area contributed by atoms with Crippen LogP contribution in [0, 0.1) is 35.5 Å². The van der Waals surface area contributed by atoms with Crippen molar-refractivity contribution in [2.75, 3.05) is 63.1 Å². The number of hydrogen-bond donors (Lipinski definition) is 6. The largest absolute Gasteiger partial charge is 0.394 e. The van der Waals surface area contributed by atoms with E-state index in [0.717, 1.165) is 14.7 Å². The third kappa shape index (κ3) is 22.0. The Balaban J connectivity index is 4.47. The van der Waals surface area contributed by atoms with Crippen LogP contribution in [0.3, 0.4) is 0 Å². The van der Waals surface area contributed by atoms with Crippen molar-refractivity contribution in [3.05, 3.63) is 12.2 Å². The maximum atomic E-state index is 15.2. The molecule has 0 aliphatic carbocycles. The average Bonchev–Trinajstić information content (AvgIpc) is 1.47. The van der Waals surface area contributed by atoms with Gasteiger partial charge in [-0.25, -0.2) is 0 Å². The highest BCUT2D eigenvalue weighted by Crippen LogP contribution is 2.27. The molecule has 0 aromatic heterocycles. The normalized spacial score (nSPS) is 27.2. The Kier molecular flexibility index (Phi) is 32.7. The molecule has 13 atom stereocenters. The molecule has 0 radical (unpaired) electrons. The topological polar surface area (TPSA) is 308 Å². The van der Waals surface area contributed by atoms with Crippen LogP contribution in [0.5, 0.6) is 0 Å². The third-order valence-electron chi connectivity index (χ3n) is 17.1. The molecule has 89 heavy (non-hydrogen) atoms. The summed E-state index contributed by atoms with van der Waals surface area (Å²) in [5.74, 6) is -10.7. The van der Waals surface area contributed by atoms with Gasteiger partial charge in [-0.15, -0.1) is 0 Å². The van der Waals surface area contributed by atoms with E-state index in [1.165, 1.54) is 89.9 Å². The van der Waals surface area contributed by atoms with E-state index in [9.17, 15) is 53.4 Å². The standard InChI is InChI=1S/C64H115N11O14/c1-26-28-29-40(13)52(77)51-56(81)67-43(27-2)58(83)73(22)48(34-76)61(86)72(21)47(33-64(16,17)89-25)55(80)68-49(38(9)10)62(87)69(18)44(30-35(3)4)54(79)65-41(14)53(78)66-42(15)57(82)70(19)45(31-36(5)6)59(84)71(20)46(32-37(7)8)60(85)74(23)50(39(11)12)63(88)75(51)24/h26,28,35-52,76-77H,27,29-34H2,1-25H3,(H,65,79)(H,66,78)(H,67,81)(H,68,80)/b28-26+/t40-,41-,42+,43+,44-,45+,46+,47+,48-,49-,50+,51?,52-/m1/s1. The molecule has 510 valence electrons. The van der Waals surface area contributed by atoms with E-state index in [-0.39, 0.29) is 56.3 Å². The van der Waals surface area contributed by atoms with Crippen LogP contribution >= 0.6 is 0 Å². The van der Waals surface area contributed by atoms with Gasteiger partial charge in [-0.1, -0.05) is 95.2 Å². The second-order valence-corrected chi connectivity index (χ2v) is 27.0. The molecule has 1 unspecified atom stereocenters. The molecule has 1 saturated heterocycles. The van der Waals surface area contributed by atoms with Crippen molar-refractivity contribution < 1.29 is 67.7 Å². The Morgan fingerprint density at radius 1 is 0.494 bits per heavy atom. The number of likely N-dealkylation sites (N-methyl/N-ethyl adjacent to an activating group) is 7. The molecule has 11 amide bonds. The van der Waals surface area contributed by atoms with Crippen molar-refractivity contribution in [3.63, 3.8) is 0 Å². The molecule has 1 fully saturated rings. The molecule has 0 bridgehead atoms. The van der Waals surface area contributed by atoms with Crippen LogP contribution in [0.2, 0.25) is 0 Å². The Hall–Kier alpha value is -6.21. The van der Waals surface area contributed by atoms with Gasteiger partial charge in [0.05, 0.1) is 18.3 Å². The van der Waals surface area contributed by atoms with Gasteiger partial charge in [0, 0.05) is 62.9 Å². The van der Waals surface area contributed by atoms with Crippen molar-refractivity contribution in [1.82, 2.24) is 55.6 Å². The number of aliphatic hydroxyl groups is 2. The van der Waals surface area contributed by atoms with Crippen molar-refractivity contribution in [2.24, 2.45) is 35.5 Å². The molecule has 0 saturated carbocycles. The molecule has 25 heteroatoms. The lowest BCUT2D eigenvalue weighted by atomic mass is 9.91. The molecule has 6 N–H and O–H groups in total. The van der Waals surface area contributed by atoms with Gasteiger partial charge in [0.25, 0.3) is 0 Å². The zero-order valence-corrected chi connectivity index (χ0v) is 58.4. The molecular weight excluding hydrogens is 1150 g/mol. The van der Waals surface area contributed by atoms with E-state index in [1.54, 1.807) is 74.5 Å². The van der Waals surface area contributed by atoms with E-state index in [0.29, 0.717) is 0 Å². The zero-order chi connectivity index (χ0) is 69.2. The predicted molar refractivity (Wildman–Crippen MR) is 341 cm³/mol. The summed E-state index contributed by atoms with van der Waals surface area (Å²) in [5.41, 5.74) is -1.08. The van der Waals surface area contributed by atoms with Gasteiger partial charge >= 0.3 is 0 Å². The summed E-state index contributed by atoms with van der Waals surface area (Å²) in [6.07, 6.45) is 2.39. The minimum Gasteiger partial charge on any atom is -0.394 e. The highest BCUT2D eigenvalue weighted by molar-refractivity contribution is 6.00. The number of nitrogens with one attached hydrogen (secondary N) is 4. The highest BCUT2D eigenvalue weighted by atomic mass is 16.5. The Bertz CT molecular complexity index is 2450. The first-order chi connectivity index (χ1) is 41.0. The fraction of sp³-hybridized carbons (Fsp3) is 0.797. The molecule has 1 rings (SSSR count). The van der Waals surface area contributed by atoms with Gasteiger partial charge < -0.3 is 70.5 Å². The number of allylic oxidation sites excluding steroid dienone is 2. The first-order valence-electron chi connectivity index (χ1n) is 31.6. The van der Waals surface area contributed by atoms with Crippen molar-refractivity contribution >= 4 is 65.0 Å². The molecule has 25 nitrogen and oxygen atoms in total. The van der Waals surface area contributed by atoms with Crippen molar-refractivity contribution in [1.29, 1.82) is 0 Å². The first kappa shape index (κ1) is 80.8. The van der Waals surface area contributed by atoms with Gasteiger partial charge in [0.15, 0.2) is 0 Å². The third-order valence-corrected chi connectivity index (χ3v) is 17.1. The number of hydrogen-bond acceptors (Lipinski definition) is 14. The van der Waals surface area contributed by atoms with Gasteiger partial charge in [0.2, 0.25) is 65.0 Å². The van der Waals surface area contributed by atoms with Crippen LogP contribution in [0.15, 0.2) is 12.2 Å². The van der Waals surface area contributed by atoms with Gasteiger partial charge in [-0.05, 0) is 102 Å². The van der Waals surface area contributed by atoms with E-state index < -0.39 is 168 Å². The summed E-state index contributed by atoms with van der Waals surface area (Å²) in [7, 11) is 11.0. The fourth-order valence-corrected chi connectivity index (χ4v) is 11.1. The maximum absolute atomic E-state index is 15.2. The molecule has 1 heterocycles. The lowest BCUT2D eigenvalue weighted by Gasteiger charge is -2.41. The molecular formula is C64H115N11O14. The van der Waals surface area contributed by atoms with Crippen LogP contribution in [-0.2, 0) is 57.5 Å². The van der Waals surface area contributed by atoms with Crippen LogP contribution < -0.4 is 21.3 Å². The predicted octanol–water partition coefficient (Wildman–Crippen LogP) is 2.40. The molecule has 0 aromatic rings. The Morgan fingerprint density at radius 3 is 1.36 bits per heavy atom. The smallest absolute Gasteiger partial charge is 0.248 e. The lowest BCUT2D eigenvalue weighted by Crippen LogP contribution is -2.64. The highest BCUT2D eigenvalue weighted by Gasteiger charge is 2.47. The number of carbonyl (C=O) groups excluding carboxylic acids is 11. The van der Waals surface area contributed by atoms with Gasteiger partial charge in [-0.3, -0.25) is 52.7 Å². The van der Waals surface area contributed by atoms with E-state index in [2.05, 4.69) is 21.3 Å². The molecule has 1 aliphatic rings. The van der Waals surface area contributed by atoms with Crippen LogP contribution in [0.25, 0.3) is 0 Å². The summed E-state index contributed by atoms with van der Waals surface area (Å²) in [5, 5.41) is 34.0. The molecule has 1 aliphatic heterocycles. The number of methoxy groups -OCH3 is 1. The molecule has 0 aromatic carbocycles. The molecule has 0 spiro atoms. The minimum absolute atomic E-state index is 0.0815. The average molecular weight is 1260 g/mol. The summed E-state index contributed by atoms with van der Waals surface area (Å²) in [6.45, 7) is 28.2. The number of aliphatic hydroxyl groups excluding tert-OH is 2. The maximum Gasteiger partial charge on any atom is 0.248 e. The lowest BCUT2D eigenvalue weighted by molar-refractivity contribution is -0.157. The van der Waals surface area contributed by atoms with E-state index >= 15 is 9.59 Å². The fourth-order valence-electron chi connectivity index (χ4n) is 11.1. The van der Waals surface area contributed by atoms with E-state index in [4.69, 9.17) is 4.74 Å². The minimum atomic E-state index is -1.68.